The molecule has 4 aromatic rings. The first-order chi connectivity index (χ1) is 15.6. The molecule has 1 N–H and O–H groups in total. The lowest BCUT2D eigenvalue weighted by Gasteiger charge is -2.13. The van der Waals surface area contributed by atoms with Gasteiger partial charge in [0.1, 0.15) is 5.75 Å². The maximum Gasteiger partial charge on any atom is 0.252 e. The van der Waals surface area contributed by atoms with Gasteiger partial charge in [0.2, 0.25) is 0 Å². The number of para-hydroxylation sites is 1. The molecule has 4 rings (SSSR count). The smallest absolute Gasteiger partial charge is 0.252 e. The lowest BCUT2D eigenvalue weighted by Crippen LogP contribution is -2.23. The van der Waals surface area contributed by atoms with Gasteiger partial charge in [0.25, 0.3) is 5.91 Å². The van der Waals surface area contributed by atoms with Crippen LogP contribution >= 0.6 is 0 Å². The van der Waals surface area contributed by atoms with Crippen molar-refractivity contribution in [1.29, 1.82) is 0 Å². The average molecular weight is 428 g/mol. The van der Waals surface area contributed by atoms with Crippen LogP contribution in [0.25, 0.3) is 22.2 Å². The number of rotatable bonds is 7. The number of carbonyl (C=O) groups is 1. The van der Waals surface area contributed by atoms with Gasteiger partial charge in [0, 0.05) is 17.5 Å². The highest BCUT2D eigenvalue weighted by Crippen LogP contribution is 2.33. The molecular formula is C26H24N2O4. The fraction of sp³-hybridized carbons (Fsp3) is 0.154. The first-order valence-electron chi connectivity index (χ1n) is 10.2. The summed E-state index contributed by atoms with van der Waals surface area (Å²) < 4.78 is 15.9. The van der Waals surface area contributed by atoms with E-state index in [1.807, 2.05) is 72.8 Å². The Kier molecular flexibility index (Phi) is 6.22. The van der Waals surface area contributed by atoms with Gasteiger partial charge in [-0.3, -0.25) is 4.79 Å². The van der Waals surface area contributed by atoms with Crippen molar-refractivity contribution in [2.24, 2.45) is 0 Å². The van der Waals surface area contributed by atoms with Crippen LogP contribution in [0.15, 0.2) is 72.8 Å². The third kappa shape index (κ3) is 4.34. The van der Waals surface area contributed by atoms with Crippen LogP contribution in [0.2, 0.25) is 0 Å². The van der Waals surface area contributed by atoms with Gasteiger partial charge in [-0.25, -0.2) is 4.98 Å². The quantitative estimate of drug-likeness (QED) is 0.455. The monoisotopic (exact) mass is 428 g/mol. The number of benzene rings is 3. The zero-order chi connectivity index (χ0) is 22.5. The summed E-state index contributed by atoms with van der Waals surface area (Å²) in [6.07, 6.45) is 0. The van der Waals surface area contributed by atoms with Crippen molar-refractivity contribution in [2.75, 3.05) is 21.3 Å². The summed E-state index contributed by atoms with van der Waals surface area (Å²) in [6, 6.07) is 22.6. The third-order valence-corrected chi connectivity index (χ3v) is 5.25. The van der Waals surface area contributed by atoms with E-state index in [9.17, 15) is 4.79 Å². The molecule has 1 heterocycles. The van der Waals surface area contributed by atoms with Crippen LogP contribution in [0.5, 0.6) is 17.2 Å². The zero-order valence-corrected chi connectivity index (χ0v) is 18.2. The van der Waals surface area contributed by atoms with Gasteiger partial charge in [-0.05, 0) is 48.0 Å². The van der Waals surface area contributed by atoms with Crippen molar-refractivity contribution < 1.29 is 19.0 Å². The fourth-order valence-electron chi connectivity index (χ4n) is 3.53. The number of carbonyl (C=O) groups excluding carboxylic acids is 1. The third-order valence-electron chi connectivity index (χ3n) is 5.25. The minimum Gasteiger partial charge on any atom is -0.497 e. The van der Waals surface area contributed by atoms with Crippen LogP contribution < -0.4 is 19.5 Å². The Morgan fingerprint density at radius 1 is 0.844 bits per heavy atom. The van der Waals surface area contributed by atoms with E-state index >= 15 is 0 Å². The summed E-state index contributed by atoms with van der Waals surface area (Å²) in [6.45, 7) is 0.408. The summed E-state index contributed by atoms with van der Waals surface area (Å²) in [4.78, 5) is 17.9. The molecule has 0 saturated carbocycles. The van der Waals surface area contributed by atoms with E-state index in [4.69, 9.17) is 19.2 Å². The minimum absolute atomic E-state index is 0.166. The van der Waals surface area contributed by atoms with Crippen molar-refractivity contribution in [3.8, 4) is 28.5 Å². The predicted molar refractivity (Wildman–Crippen MR) is 124 cm³/mol. The molecule has 0 aliphatic carbocycles. The number of aromatic nitrogens is 1. The summed E-state index contributed by atoms with van der Waals surface area (Å²) in [5.41, 5.74) is 3.80. The Labute approximate surface area is 186 Å². The normalized spacial score (nSPS) is 10.6. The van der Waals surface area contributed by atoms with Crippen LogP contribution in [0.3, 0.4) is 0 Å². The molecule has 0 fully saturated rings. The Balaban J connectivity index is 1.68. The number of pyridine rings is 1. The molecule has 0 bridgehead atoms. The molecule has 6 nitrogen and oxygen atoms in total. The number of fused-ring (bicyclic) bond motifs is 1. The summed E-state index contributed by atoms with van der Waals surface area (Å²) in [5.74, 6) is 1.85. The molecule has 0 spiro atoms. The Morgan fingerprint density at radius 2 is 1.59 bits per heavy atom. The van der Waals surface area contributed by atoms with Gasteiger partial charge in [-0.15, -0.1) is 0 Å². The maximum atomic E-state index is 13.2. The second kappa shape index (κ2) is 9.39. The number of hydrogen-bond acceptors (Lipinski definition) is 5. The topological polar surface area (TPSA) is 69.7 Å². The molecule has 1 amide bonds. The van der Waals surface area contributed by atoms with E-state index < -0.39 is 0 Å². The molecule has 0 radical (unpaired) electrons. The molecular weight excluding hydrogens is 404 g/mol. The first-order valence-corrected chi connectivity index (χ1v) is 10.2. The number of hydrogen-bond donors (Lipinski definition) is 1. The molecule has 0 saturated heterocycles. The van der Waals surface area contributed by atoms with E-state index in [1.54, 1.807) is 21.3 Å². The highest BCUT2D eigenvalue weighted by Gasteiger charge is 2.15. The van der Waals surface area contributed by atoms with E-state index in [2.05, 4.69) is 5.32 Å². The molecule has 3 aromatic carbocycles. The lowest BCUT2D eigenvalue weighted by molar-refractivity contribution is 0.0952. The average Bonchev–Trinajstić information content (AvgIpc) is 2.86. The highest BCUT2D eigenvalue weighted by molar-refractivity contribution is 6.07. The number of methoxy groups -OCH3 is 3. The summed E-state index contributed by atoms with van der Waals surface area (Å²) >= 11 is 0. The minimum atomic E-state index is -0.166. The molecule has 0 aliphatic rings. The first kappa shape index (κ1) is 21.2. The van der Waals surface area contributed by atoms with Crippen LogP contribution in [0.4, 0.5) is 0 Å². The van der Waals surface area contributed by atoms with Crippen molar-refractivity contribution in [2.45, 2.75) is 6.54 Å². The van der Waals surface area contributed by atoms with E-state index in [0.29, 0.717) is 29.3 Å². The highest BCUT2D eigenvalue weighted by atomic mass is 16.5. The van der Waals surface area contributed by atoms with Crippen molar-refractivity contribution in [3.63, 3.8) is 0 Å². The molecule has 6 heteroatoms. The lowest BCUT2D eigenvalue weighted by atomic mass is 10.0. The summed E-state index contributed by atoms with van der Waals surface area (Å²) in [7, 11) is 4.81. The van der Waals surface area contributed by atoms with Gasteiger partial charge in [-0.1, -0.05) is 30.3 Å². The van der Waals surface area contributed by atoms with Crippen LogP contribution in [0.1, 0.15) is 15.9 Å². The van der Waals surface area contributed by atoms with E-state index in [1.165, 1.54) is 0 Å². The number of ether oxygens (including phenoxy) is 3. The van der Waals surface area contributed by atoms with Crippen molar-refractivity contribution >= 4 is 16.8 Å². The number of amides is 1. The molecule has 1 aromatic heterocycles. The van der Waals surface area contributed by atoms with Gasteiger partial charge in [0.05, 0.1) is 38.1 Å². The van der Waals surface area contributed by atoms with Crippen molar-refractivity contribution in [1.82, 2.24) is 10.3 Å². The van der Waals surface area contributed by atoms with Crippen LogP contribution in [-0.4, -0.2) is 32.2 Å². The van der Waals surface area contributed by atoms with Gasteiger partial charge in [0.15, 0.2) is 11.5 Å². The zero-order valence-electron chi connectivity index (χ0n) is 18.2. The molecule has 162 valence electrons. The summed E-state index contributed by atoms with van der Waals surface area (Å²) in [5, 5.41) is 3.81. The second-order valence-electron chi connectivity index (χ2n) is 7.17. The van der Waals surface area contributed by atoms with Crippen molar-refractivity contribution in [3.05, 3.63) is 83.9 Å². The van der Waals surface area contributed by atoms with Crippen LogP contribution in [-0.2, 0) is 6.54 Å². The fourth-order valence-corrected chi connectivity index (χ4v) is 3.53. The Morgan fingerprint density at radius 3 is 2.31 bits per heavy atom. The maximum absolute atomic E-state index is 13.2. The Bertz CT molecular complexity index is 1250. The molecule has 0 unspecified atom stereocenters. The van der Waals surface area contributed by atoms with Crippen LogP contribution in [0, 0.1) is 0 Å². The van der Waals surface area contributed by atoms with E-state index in [-0.39, 0.29) is 5.91 Å². The predicted octanol–water partition coefficient (Wildman–Crippen LogP) is 4.86. The molecule has 0 atom stereocenters. The molecule has 32 heavy (non-hydrogen) atoms. The van der Waals surface area contributed by atoms with Gasteiger partial charge < -0.3 is 19.5 Å². The number of nitrogens with zero attached hydrogens (tertiary/aromatic N) is 1. The SMILES string of the molecule is COc1ccc(CNC(=O)c2cc(-c3ccc(OC)c(OC)c3)nc3ccccc23)cc1. The van der Waals surface area contributed by atoms with Gasteiger partial charge in [-0.2, -0.15) is 0 Å². The largest absolute Gasteiger partial charge is 0.497 e. The Hall–Kier alpha value is -4.06. The van der Waals surface area contributed by atoms with E-state index in [0.717, 1.165) is 27.8 Å². The second-order valence-corrected chi connectivity index (χ2v) is 7.17. The standard InChI is InChI=1S/C26H24N2O4/c1-30-19-11-8-17(9-12-19)16-27-26(29)21-15-23(28-22-7-5-4-6-20(21)22)18-10-13-24(31-2)25(14-18)32-3/h4-15H,16H2,1-3H3,(H,27,29). The number of nitrogens with one attached hydrogen (secondary N) is 1. The van der Waals surface area contributed by atoms with Gasteiger partial charge >= 0.3 is 0 Å². The molecule has 0 aliphatic heterocycles.